The van der Waals surface area contributed by atoms with Gasteiger partial charge in [-0.05, 0) is 77.3 Å². The molecule has 0 saturated carbocycles. The summed E-state index contributed by atoms with van der Waals surface area (Å²) in [5.41, 5.74) is 1.51. The van der Waals surface area contributed by atoms with Crippen LogP contribution in [0.4, 0.5) is 0 Å². The van der Waals surface area contributed by atoms with Crippen molar-refractivity contribution in [3.05, 3.63) is 28.2 Å². The number of halogens is 2. The molecule has 1 aromatic carbocycles. The van der Waals surface area contributed by atoms with Crippen molar-refractivity contribution in [2.45, 2.75) is 45.4 Å². The summed E-state index contributed by atoms with van der Waals surface area (Å²) in [6.07, 6.45) is 3.73. The molecule has 0 bridgehead atoms. The monoisotopic (exact) mass is 375 g/mol. The van der Waals surface area contributed by atoms with Gasteiger partial charge in [-0.25, -0.2) is 0 Å². The standard InChI is InChI=1S/C17H26BrNO.ClH/c1-17(2,3)14-4-5-16(15(18)12-14)20-11-8-13-6-9-19-10-7-13;/h4-5,12-13,19H,6-11H2,1-3H3;1H. The lowest BCUT2D eigenvalue weighted by Gasteiger charge is -2.23. The lowest BCUT2D eigenvalue weighted by molar-refractivity contribution is 0.250. The van der Waals surface area contributed by atoms with Crippen molar-refractivity contribution >= 4 is 28.3 Å². The highest BCUT2D eigenvalue weighted by Crippen LogP contribution is 2.31. The molecule has 120 valence electrons. The molecular formula is C17H27BrClNO. The molecule has 0 radical (unpaired) electrons. The molecule has 0 aromatic heterocycles. The molecule has 4 heteroatoms. The minimum atomic E-state index is 0. The molecule has 1 aliphatic rings. The smallest absolute Gasteiger partial charge is 0.133 e. The third-order valence-electron chi connectivity index (χ3n) is 4.04. The third kappa shape index (κ3) is 5.80. The molecule has 1 heterocycles. The fourth-order valence-electron chi connectivity index (χ4n) is 2.59. The number of nitrogens with one attached hydrogen (secondary N) is 1. The van der Waals surface area contributed by atoms with Gasteiger partial charge >= 0.3 is 0 Å². The van der Waals surface area contributed by atoms with Gasteiger partial charge in [0.2, 0.25) is 0 Å². The maximum absolute atomic E-state index is 5.94. The SMILES string of the molecule is CC(C)(C)c1ccc(OCCC2CCNCC2)c(Br)c1.Cl. The van der Waals surface area contributed by atoms with Crippen LogP contribution >= 0.6 is 28.3 Å². The summed E-state index contributed by atoms with van der Waals surface area (Å²) in [5.74, 6) is 1.79. The first kappa shape index (κ1) is 18.8. The Labute approximate surface area is 143 Å². The van der Waals surface area contributed by atoms with Crippen molar-refractivity contribution in [2.75, 3.05) is 19.7 Å². The van der Waals surface area contributed by atoms with Crippen LogP contribution in [0.25, 0.3) is 0 Å². The Morgan fingerprint density at radius 1 is 1.24 bits per heavy atom. The van der Waals surface area contributed by atoms with Crippen LogP contribution < -0.4 is 10.1 Å². The van der Waals surface area contributed by atoms with E-state index >= 15 is 0 Å². The zero-order chi connectivity index (χ0) is 14.6. The maximum atomic E-state index is 5.94. The Morgan fingerprint density at radius 2 is 1.90 bits per heavy atom. The minimum Gasteiger partial charge on any atom is -0.492 e. The fraction of sp³-hybridized carbons (Fsp3) is 0.647. The summed E-state index contributed by atoms with van der Waals surface area (Å²) < 4.78 is 7.00. The van der Waals surface area contributed by atoms with Crippen LogP contribution in [0.1, 0.15) is 45.6 Å². The Balaban J connectivity index is 0.00000220. The summed E-state index contributed by atoms with van der Waals surface area (Å²) in [4.78, 5) is 0. The van der Waals surface area contributed by atoms with Gasteiger partial charge in [-0.2, -0.15) is 0 Å². The van der Waals surface area contributed by atoms with E-state index < -0.39 is 0 Å². The molecule has 2 rings (SSSR count). The van der Waals surface area contributed by atoms with E-state index in [1.807, 2.05) is 0 Å². The van der Waals surface area contributed by atoms with Crippen LogP contribution in [0.5, 0.6) is 5.75 Å². The molecule has 0 aliphatic carbocycles. The maximum Gasteiger partial charge on any atom is 0.133 e. The molecule has 1 saturated heterocycles. The summed E-state index contributed by atoms with van der Waals surface area (Å²) in [6, 6.07) is 6.44. The van der Waals surface area contributed by atoms with Crippen molar-refractivity contribution < 1.29 is 4.74 Å². The van der Waals surface area contributed by atoms with Gasteiger partial charge < -0.3 is 10.1 Å². The number of piperidine rings is 1. The van der Waals surface area contributed by atoms with E-state index in [-0.39, 0.29) is 17.8 Å². The Kier molecular flexibility index (Phi) is 7.52. The molecule has 1 aliphatic heterocycles. The van der Waals surface area contributed by atoms with Gasteiger partial charge in [-0.15, -0.1) is 12.4 Å². The lowest BCUT2D eigenvalue weighted by Crippen LogP contribution is -2.28. The Bertz CT molecular complexity index is 439. The van der Waals surface area contributed by atoms with Gasteiger partial charge in [-0.1, -0.05) is 26.8 Å². The second kappa shape index (κ2) is 8.40. The molecule has 0 atom stereocenters. The first-order chi connectivity index (χ1) is 9.47. The number of hydrogen-bond donors (Lipinski definition) is 1. The average Bonchev–Trinajstić information content (AvgIpc) is 2.40. The van der Waals surface area contributed by atoms with Crippen molar-refractivity contribution in [3.63, 3.8) is 0 Å². The third-order valence-corrected chi connectivity index (χ3v) is 4.66. The molecule has 0 unspecified atom stereocenters. The molecule has 1 aromatic rings. The van der Waals surface area contributed by atoms with E-state index in [9.17, 15) is 0 Å². The van der Waals surface area contributed by atoms with Crippen molar-refractivity contribution in [3.8, 4) is 5.75 Å². The highest BCUT2D eigenvalue weighted by Gasteiger charge is 2.16. The van der Waals surface area contributed by atoms with Crippen LogP contribution in [0.2, 0.25) is 0 Å². The Hall–Kier alpha value is -0.250. The van der Waals surface area contributed by atoms with Crippen LogP contribution in [0.3, 0.4) is 0 Å². The number of ether oxygens (including phenoxy) is 1. The molecule has 2 nitrogen and oxygen atoms in total. The second-order valence-corrected chi connectivity index (χ2v) is 7.58. The van der Waals surface area contributed by atoms with Crippen LogP contribution in [-0.4, -0.2) is 19.7 Å². The fourth-order valence-corrected chi connectivity index (χ4v) is 3.08. The van der Waals surface area contributed by atoms with E-state index in [4.69, 9.17) is 4.74 Å². The second-order valence-electron chi connectivity index (χ2n) is 6.73. The van der Waals surface area contributed by atoms with Gasteiger partial charge in [0, 0.05) is 0 Å². The molecule has 0 amide bonds. The van der Waals surface area contributed by atoms with Gasteiger partial charge in [0.05, 0.1) is 11.1 Å². The van der Waals surface area contributed by atoms with E-state index in [1.165, 1.54) is 18.4 Å². The molecule has 0 spiro atoms. The first-order valence-corrected chi connectivity index (χ1v) is 8.39. The number of rotatable bonds is 4. The largest absolute Gasteiger partial charge is 0.492 e. The molecule has 21 heavy (non-hydrogen) atoms. The normalized spacial score (nSPS) is 16.4. The summed E-state index contributed by atoms with van der Waals surface area (Å²) in [5, 5.41) is 3.40. The molecular weight excluding hydrogens is 350 g/mol. The highest BCUT2D eigenvalue weighted by molar-refractivity contribution is 9.10. The van der Waals surface area contributed by atoms with E-state index in [1.54, 1.807) is 0 Å². The average molecular weight is 377 g/mol. The Morgan fingerprint density at radius 3 is 2.48 bits per heavy atom. The van der Waals surface area contributed by atoms with E-state index in [0.717, 1.165) is 42.3 Å². The van der Waals surface area contributed by atoms with Crippen LogP contribution in [-0.2, 0) is 5.41 Å². The van der Waals surface area contributed by atoms with E-state index in [0.29, 0.717) is 0 Å². The quantitative estimate of drug-likeness (QED) is 0.804. The van der Waals surface area contributed by atoms with Crippen LogP contribution in [0, 0.1) is 5.92 Å². The molecule has 1 fully saturated rings. The minimum absolute atomic E-state index is 0. The lowest BCUT2D eigenvalue weighted by atomic mass is 9.87. The van der Waals surface area contributed by atoms with E-state index in [2.05, 4.69) is 60.2 Å². The topological polar surface area (TPSA) is 21.3 Å². The highest BCUT2D eigenvalue weighted by atomic mass is 79.9. The zero-order valence-electron chi connectivity index (χ0n) is 13.2. The summed E-state index contributed by atoms with van der Waals surface area (Å²) >= 11 is 3.63. The predicted octanol–water partition coefficient (Wildman–Crippen LogP) is 4.94. The van der Waals surface area contributed by atoms with Gasteiger partial charge in [-0.3, -0.25) is 0 Å². The van der Waals surface area contributed by atoms with Crippen molar-refractivity contribution in [2.24, 2.45) is 5.92 Å². The number of benzene rings is 1. The van der Waals surface area contributed by atoms with Gasteiger partial charge in [0.25, 0.3) is 0 Å². The van der Waals surface area contributed by atoms with Gasteiger partial charge in [0.15, 0.2) is 0 Å². The van der Waals surface area contributed by atoms with Crippen molar-refractivity contribution in [1.82, 2.24) is 5.32 Å². The van der Waals surface area contributed by atoms with Crippen LogP contribution in [0.15, 0.2) is 22.7 Å². The van der Waals surface area contributed by atoms with Gasteiger partial charge in [0.1, 0.15) is 5.75 Å². The predicted molar refractivity (Wildman–Crippen MR) is 95.8 cm³/mol. The molecule has 1 N–H and O–H groups in total. The van der Waals surface area contributed by atoms with Crippen molar-refractivity contribution in [1.29, 1.82) is 0 Å². The first-order valence-electron chi connectivity index (χ1n) is 7.60. The zero-order valence-corrected chi connectivity index (χ0v) is 15.6. The number of hydrogen-bond acceptors (Lipinski definition) is 2. The summed E-state index contributed by atoms with van der Waals surface area (Å²) in [6.45, 7) is 9.83. The summed E-state index contributed by atoms with van der Waals surface area (Å²) in [7, 11) is 0.